The summed E-state index contributed by atoms with van der Waals surface area (Å²) in [7, 11) is 0. The summed E-state index contributed by atoms with van der Waals surface area (Å²) >= 11 is 0. The number of likely N-dealkylation sites (tertiary alicyclic amines) is 1. The van der Waals surface area contributed by atoms with Gasteiger partial charge in [-0.25, -0.2) is 0 Å². The van der Waals surface area contributed by atoms with Gasteiger partial charge in [-0.1, -0.05) is 62.7 Å². The second-order valence-corrected chi connectivity index (χ2v) is 9.07. The normalized spacial score (nSPS) is 15.7. The van der Waals surface area contributed by atoms with E-state index in [-0.39, 0.29) is 0 Å². The number of hydrogen-bond donors (Lipinski definition) is 0. The number of fused-ring (bicyclic) bond motifs is 1. The maximum absolute atomic E-state index is 6.18. The summed E-state index contributed by atoms with van der Waals surface area (Å²) in [4.78, 5) is 7.17. The third-order valence-corrected chi connectivity index (χ3v) is 6.41. The SMILES string of the molecule is CCCC(Cc1nnc(-c2ccc(CN3CC(C)C3)c3ncccc23)o1)c1ccccc1. The van der Waals surface area contributed by atoms with Gasteiger partial charge in [0.1, 0.15) is 0 Å². The minimum Gasteiger partial charge on any atom is -0.421 e. The summed E-state index contributed by atoms with van der Waals surface area (Å²) in [6.07, 6.45) is 4.83. The zero-order valence-electron chi connectivity index (χ0n) is 18.9. The molecule has 0 bridgehead atoms. The largest absolute Gasteiger partial charge is 0.421 e. The second-order valence-electron chi connectivity index (χ2n) is 9.07. The first-order valence-electron chi connectivity index (χ1n) is 11.7. The molecule has 4 aromatic rings. The Labute approximate surface area is 189 Å². The highest BCUT2D eigenvalue weighted by atomic mass is 16.4. The van der Waals surface area contributed by atoms with E-state index in [1.54, 1.807) is 0 Å². The molecule has 0 saturated carbocycles. The average Bonchev–Trinajstić information content (AvgIpc) is 3.27. The molecule has 32 heavy (non-hydrogen) atoms. The molecule has 5 heteroatoms. The van der Waals surface area contributed by atoms with Gasteiger partial charge in [-0.05, 0) is 41.5 Å². The highest BCUT2D eigenvalue weighted by molar-refractivity contribution is 5.94. The van der Waals surface area contributed by atoms with Crippen LogP contribution < -0.4 is 0 Å². The molecule has 2 aromatic heterocycles. The third kappa shape index (κ3) is 4.30. The van der Waals surface area contributed by atoms with Gasteiger partial charge in [0.2, 0.25) is 11.8 Å². The van der Waals surface area contributed by atoms with E-state index < -0.39 is 0 Å². The molecule has 0 amide bonds. The highest BCUT2D eigenvalue weighted by Gasteiger charge is 2.24. The molecular weight excluding hydrogens is 396 g/mol. The number of aromatic nitrogens is 3. The van der Waals surface area contributed by atoms with E-state index in [0.717, 1.165) is 61.3 Å². The van der Waals surface area contributed by atoms with E-state index in [0.29, 0.717) is 17.7 Å². The van der Waals surface area contributed by atoms with Crippen molar-refractivity contribution >= 4 is 10.9 Å². The Morgan fingerprint density at radius 3 is 2.66 bits per heavy atom. The highest BCUT2D eigenvalue weighted by Crippen LogP contribution is 2.32. The molecule has 5 rings (SSSR count). The first-order chi connectivity index (χ1) is 15.7. The smallest absolute Gasteiger partial charge is 0.248 e. The van der Waals surface area contributed by atoms with Gasteiger partial charge in [0.05, 0.1) is 5.52 Å². The number of nitrogens with zero attached hydrogens (tertiary/aromatic N) is 4. The summed E-state index contributed by atoms with van der Waals surface area (Å²) in [5.41, 5.74) is 4.56. The predicted molar refractivity (Wildman–Crippen MR) is 127 cm³/mol. The Hall–Kier alpha value is -3.05. The Morgan fingerprint density at radius 1 is 1.03 bits per heavy atom. The Bertz CT molecular complexity index is 1180. The van der Waals surface area contributed by atoms with Crippen LogP contribution in [0.2, 0.25) is 0 Å². The molecule has 1 saturated heterocycles. The zero-order chi connectivity index (χ0) is 21.9. The number of rotatable bonds is 8. The topological polar surface area (TPSA) is 55.1 Å². The second kappa shape index (κ2) is 9.21. The summed E-state index contributed by atoms with van der Waals surface area (Å²) < 4.78 is 6.18. The van der Waals surface area contributed by atoms with Crippen molar-refractivity contribution in [3.63, 3.8) is 0 Å². The van der Waals surface area contributed by atoms with Crippen LogP contribution in [0.15, 0.2) is 65.2 Å². The van der Waals surface area contributed by atoms with Crippen LogP contribution in [0.4, 0.5) is 0 Å². The first-order valence-corrected chi connectivity index (χ1v) is 11.7. The molecule has 1 aliphatic heterocycles. The molecule has 1 fully saturated rings. The lowest BCUT2D eigenvalue weighted by Gasteiger charge is -2.37. The van der Waals surface area contributed by atoms with Gasteiger partial charge in [-0.3, -0.25) is 9.88 Å². The van der Waals surface area contributed by atoms with Crippen LogP contribution >= 0.6 is 0 Å². The molecule has 0 radical (unpaired) electrons. The van der Waals surface area contributed by atoms with Gasteiger partial charge in [0.25, 0.3) is 0 Å². The number of hydrogen-bond acceptors (Lipinski definition) is 5. The van der Waals surface area contributed by atoms with Crippen molar-refractivity contribution < 1.29 is 4.42 Å². The van der Waals surface area contributed by atoms with Crippen molar-refractivity contribution in [2.45, 2.75) is 45.6 Å². The quantitative estimate of drug-likeness (QED) is 0.353. The standard InChI is InChI=1S/C27H30N4O/c1-3-8-21(20-9-5-4-6-10-20)15-25-29-30-27(32-25)24-13-12-22(18-31-16-19(2)17-31)26-23(24)11-7-14-28-26/h4-7,9-14,19,21H,3,8,15-18H2,1-2H3. The minimum atomic E-state index is 0.384. The van der Waals surface area contributed by atoms with Gasteiger partial charge in [0, 0.05) is 43.2 Å². The molecule has 164 valence electrons. The summed E-state index contributed by atoms with van der Waals surface area (Å²) in [6.45, 7) is 7.76. The summed E-state index contributed by atoms with van der Waals surface area (Å²) in [6, 6.07) is 19.0. The van der Waals surface area contributed by atoms with E-state index in [9.17, 15) is 0 Å². The maximum Gasteiger partial charge on any atom is 0.248 e. The van der Waals surface area contributed by atoms with Gasteiger partial charge in [-0.15, -0.1) is 10.2 Å². The predicted octanol–water partition coefficient (Wildman–Crippen LogP) is 5.86. The molecule has 0 aliphatic carbocycles. The van der Waals surface area contributed by atoms with Crippen LogP contribution in [0.3, 0.4) is 0 Å². The van der Waals surface area contributed by atoms with E-state index >= 15 is 0 Å². The minimum absolute atomic E-state index is 0.384. The van der Waals surface area contributed by atoms with Crippen molar-refractivity contribution in [3.8, 4) is 11.5 Å². The fourth-order valence-corrected chi connectivity index (χ4v) is 4.86. The maximum atomic E-state index is 6.18. The summed E-state index contributed by atoms with van der Waals surface area (Å²) in [5, 5.41) is 9.89. The van der Waals surface area contributed by atoms with E-state index in [1.807, 2.05) is 12.3 Å². The molecule has 1 aliphatic rings. The van der Waals surface area contributed by atoms with Gasteiger partial charge in [-0.2, -0.15) is 0 Å². The molecule has 0 N–H and O–H groups in total. The molecular formula is C27H30N4O. The molecule has 1 unspecified atom stereocenters. The first kappa shape index (κ1) is 20.8. The van der Waals surface area contributed by atoms with E-state index in [1.165, 1.54) is 11.1 Å². The van der Waals surface area contributed by atoms with Crippen molar-refractivity contribution in [3.05, 3.63) is 77.8 Å². The Morgan fingerprint density at radius 2 is 1.88 bits per heavy atom. The van der Waals surface area contributed by atoms with E-state index in [4.69, 9.17) is 9.40 Å². The lowest BCUT2D eigenvalue weighted by Crippen LogP contribution is -2.44. The molecule has 5 nitrogen and oxygen atoms in total. The van der Waals surface area contributed by atoms with Crippen molar-refractivity contribution in [1.82, 2.24) is 20.1 Å². The number of pyridine rings is 1. The molecule has 2 aromatic carbocycles. The van der Waals surface area contributed by atoms with Crippen LogP contribution in [0.1, 0.15) is 49.6 Å². The third-order valence-electron chi connectivity index (χ3n) is 6.41. The van der Waals surface area contributed by atoms with Crippen LogP contribution in [0.5, 0.6) is 0 Å². The van der Waals surface area contributed by atoms with Crippen molar-refractivity contribution in [1.29, 1.82) is 0 Å². The van der Waals surface area contributed by atoms with Crippen LogP contribution in [0, 0.1) is 5.92 Å². The van der Waals surface area contributed by atoms with Gasteiger partial charge >= 0.3 is 0 Å². The van der Waals surface area contributed by atoms with E-state index in [2.05, 4.69) is 77.5 Å². The van der Waals surface area contributed by atoms with Crippen LogP contribution in [-0.4, -0.2) is 33.2 Å². The summed E-state index contributed by atoms with van der Waals surface area (Å²) in [5.74, 6) is 2.44. The molecule has 3 heterocycles. The zero-order valence-corrected chi connectivity index (χ0v) is 18.9. The fourth-order valence-electron chi connectivity index (χ4n) is 4.86. The van der Waals surface area contributed by atoms with Crippen molar-refractivity contribution in [2.24, 2.45) is 5.92 Å². The Kier molecular flexibility index (Phi) is 5.99. The van der Waals surface area contributed by atoms with Gasteiger partial charge < -0.3 is 4.42 Å². The van der Waals surface area contributed by atoms with Crippen LogP contribution in [0.25, 0.3) is 22.4 Å². The van der Waals surface area contributed by atoms with Gasteiger partial charge in [0.15, 0.2) is 0 Å². The number of benzene rings is 2. The Balaban J connectivity index is 1.41. The average molecular weight is 427 g/mol. The van der Waals surface area contributed by atoms with Crippen molar-refractivity contribution in [2.75, 3.05) is 13.1 Å². The molecule has 0 spiro atoms. The molecule has 1 atom stereocenters. The lowest BCUT2D eigenvalue weighted by molar-refractivity contribution is 0.105. The fraction of sp³-hybridized carbons (Fsp3) is 0.370. The lowest BCUT2D eigenvalue weighted by atomic mass is 9.91. The van der Waals surface area contributed by atoms with Crippen LogP contribution in [-0.2, 0) is 13.0 Å². The monoisotopic (exact) mass is 426 g/mol.